The van der Waals surface area contributed by atoms with Gasteiger partial charge in [0.15, 0.2) is 0 Å². The van der Waals surface area contributed by atoms with Gasteiger partial charge in [0.05, 0.1) is 6.04 Å². The van der Waals surface area contributed by atoms with E-state index in [4.69, 9.17) is 9.66 Å². The number of urea groups is 1. The van der Waals surface area contributed by atoms with Crippen LogP contribution < -0.4 is 0 Å². The van der Waals surface area contributed by atoms with Crippen LogP contribution in [0, 0.1) is 0 Å². The van der Waals surface area contributed by atoms with E-state index in [9.17, 15) is 18.0 Å². The molecule has 0 spiro atoms. The lowest BCUT2D eigenvalue weighted by molar-refractivity contribution is -0.142. The number of nitrogens with zero attached hydrogens (tertiary/aromatic N) is 2. The van der Waals surface area contributed by atoms with Gasteiger partial charge in [0.25, 0.3) is 0 Å². The van der Waals surface area contributed by atoms with Gasteiger partial charge in [-0.2, -0.15) is 13.5 Å². The highest BCUT2D eigenvalue weighted by Crippen LogP contribution is 2.30. The average molecular weight is 266 g/mol. The van der Waals surface area contributed by atoms with Crippen LogP contribution in [0.2, 0.25) is 0 Å². The summed E-state index contributed by atoms with van der Waals surface area (Å²) in [5, 5.41) is 9.39. The standard InChI is InChI=1S/C7H10N2O7S/c10-6(11)5-2-1-4-3-8(5)7(12)9(4)16-17(13,14)15/h4-5H,1-3H2,(H,10,11)(H,13,14,15)/t4-,5+/m1/s1. The molecule has 2 aliphatic rings. The molecule has 96 valence electrons. The molecule has 2 N–H and O–H groups in total. The molecule has 2 bridgehead atoms. The molecule has 2 saturated heterocycles. The van der Waals surface area contributed by atoms with Crippen molar-refractivity contribution in [2.24, 2.45) is 0 Å². The first-order valence-corrected chi connectivity index (χ1v) is 6.16. The Labute approximate surface area is 96.5 Å². The first kappa shape index (κ1) is 12.1. The van der Waals surface area contributed by atoms with Crippen molar-refractivity contribution in [2.75, 3.05) is 6.54 Å². The number of carboxylic acids is 1. The Kier molecular flexibility index (Phi) is 2.72. The van der Waals surface area contributed by atoms with Gasteiger partial charge >= 0.3 is 22.4 Å². The molecule has 0 unspecified atom stereocenters. The van der Waals surface area contributed by atoms with Crippen molar-refractivity contribution in [3.63, 3.8) is 0 Å². The summed E-state index contributed by atoms with van der Waals surface area (Å²) in [7, 11) is -4.79. The third-order valence-electron chi connectivity index (χ3n) is 2.78. The van der Waals surface area contributed by atoms with Crippen LogP contribution in [0.3, 0.4) is 0 Å². The Balaban J connectivity index is 2.20. The molecule has 0 aromatic heterocycles. The van der Waals surface area contributed by atoms with Gasteiger partial charge in [0, 0.05) is 6.54 Å². The maximum Gasteiger partial charge on any atom is 0.418 e. The Morgan fingerprint density at radius 1 is 1.41 bits per heavy atom. The van der Waals surface area contributed by atoms with Crippen molar-refractivity contribution in [3.8, 4) is 0 Å². The molecule has 0 aliphatic carbocycles. The maximum absolute atomic E-state index is 11.7. The minimum absolute atomic E-state index is 0.0747. The van der Waals surface area contributed by atoms with Gasteiger partial charge in [-0.1, -0.05) is 0 Å². The second-order valence-electron chi connectivity index (χ2n) is 3.85. The van der Waals surface area contributed by atoms with E-state index < -0.39 is 34.5 Å². The van der Waals surface area contributed by atoms with Crippen LogP contribution in [0.4, 0.5) is 4.79 Å². The van der Waals surface area contributed by atoms with Gasteiger partial charge in [-0.25, -0.2) is 9.59 Å². The zero-order chi connectivity index (χ0) is 12.8. The molecule has 0 aromatic carbocycles. The van der Waals surface area contributed by atoms with E-state index in [0.29, 0.717) is 11.5 Å². The van der Waals surface area contributed by atoms with Crippen molar-refractivity contribution in [2.45, 2.75) is 24.9 Å². The van der Waals surface area contributed by atoms with E-state index in [0.717, 1.165) is 4.90 Å². The maximum atomic E-state index is 11.7. The SMILES string of the molecule is O=C(O)[C@@H]1CC[C@@H]2CN1C(=O)N2OS(=O)(=O)O. The van der Waals surface area contributed by atoms with Crippen molar-refractivity contribution in [3.05, 3.63) is 0 Å². The van der Waals surface area contributed by atoms with Crippen molar-refractivity contribution < 1.29 is 31.9 Å². The fraction of sp³-hybridized carbons (Fsp3) is 0.714. The van der Waals surface area contributed by atoms with Crippen LogP contribution in [0.1, 0.15) is 12.8 Å². The molecule has 0 aromatic rings. The van der Waals surface area contributed by atoms with Gasteiger partial charge in [0.2, 0.25) is 0 Å². The molecular weight excluding hydrogens is 256 g/mol. The summed E-state index contributed by atoms with van der Waals surface area (Å²) in [6.45, 7) is 0.0747. The normalized spacial score (nSPS) is 28.6. The molecule has 2 heterocycles. The van der Waals surface area contributed by atoms with Crippen LogP contribution in [0.15, 0.2) is 0 Å². The Bertz CT molecular complexity index is 461. The second kappa shape index (κ2) is 3.82. The quantitative estimate of drug-likeness (QED) is 0.632. The van der Waals surface area contributed by atoms with Gasteiger partial charge < -0.3 is 10.0 Å². The smallest absolute Gasteiger partial charge is 0.418 e. The van der Waals surface area contributed by atoms with Gasteiger partial charge in [0.1, 0.15) is 6.04 Å². The van der Waals surface area contributed by atoms with Crippen LogP contribution >= 0.6 is 0 Å². The molecule has 0 saturated carbocycles. The minimum Gasteiger partial charge on any atom is -0.480 e. The highest BCUT2D eigenvalue weighted by Gasteiger charge is 2.49. The molecule has 2 amide bonds. The number of carbonyl (C=O) groups is 2. The van der Waals surface area contributed by atoms with Crippen LogP contribution in [-0.2, 0) is 19.5 Å². The van der Waals surface area contributed by atoms with Crippen molar-refractivity contribution in [1.82, 2.24) is 9.96 Å². The lowest BCUT2D eigenvalue weighted by atomic mass is 10.0. The van der Waals surface area contributed by atoms with Crippen LogP contribution in [-0.4, -0.2) is 58.7 Å². The molecule has 2 aliphatic heterocycles. The summed E-state index contributed by atoms with van der Waals surface area (Å²) < 4.78 is 33.7. The third kappa shape index (κ3) is 2.18. The highest BCUT2D eigenvalue weighted by atomic mass is 32.3. The molecule has 0 radical (unpaired) electrons. The predicted octanol–water partition coefficient (Wildman–Crippen LogP) is -0.926. The fourth-order valence-corrected chi connectivity index (χ4v) is 2.48. The number of piperidine rings is 1. The number of rotatable bonds is 3. The Morgan fingerprint density at radius 3 is 2.59 bits per heavy atom. The summed E-state index contributed by atoms with van der Waals surface area (Å²) in [5.41, 5.74) is 0. The molecule has 10 heteroatoms. The van der Waals surface area contributed by atoms with E-state index in [1.807, 2.05) is 0 Å². The van der Waals surface area contributed by atoms with Gasteiger partial charge in [-0.05, 0) is 12.8 Å². The largest absolute Gasteiger partial charge is 0.480 e. The molecular formula is C7H10N2O7S. The summed E-state index contributed by atoms with van der Waals surface area (Å²) in [6.07, 6.45) is 0.520. The minimum atomic E-state index is -4.79. The number of amides is 2. The number of aliphatic carboxylic acids is 1. The lowest BCUT2D eigenvalue weighted by Crippen LogP contribution is -2.44. The Morgan fingerprint density at radius 2 is 2.06 bits per heavy atom. The van der Waals surface area contributed by atoms with Crippen LogP contribution in [0.5, 0.6) is 0 Å². The number of hydroxylamine groups is 2. The van der Waals surface area contributed by atoms with Gasteiger partial charge in [-0.3, -0.25) is 4.55 Å². The number of hydrogen-bond acceptors (Lipinski definition) is 5. The summed E-state index contributed by atoms with van der Waals surface area (Å²) in [4.78, 5) is 23.5. The molecule has 9 nitrogen and oxygen atoms in total. The number of carbonyl (C=O) groups excluding carboxylic acids is 1. The lowest BCUT2D eigenvalue weighted by Gasteiger charge is -2.26. The van der Waals surface area contributed by atoms with E-state index in [2.05, 4.69) is 4.28 Å². The first-order valence-electron chi connectivity index (χ1n) is 4.79. The monoisotopic (exact) mass is 266 g/mol. The molecule has 2 atom stereocenters. The third-order valence-corrected chi connectivity index (χ3v) is 3.13. The number of carboxylic acid groups (broad SMARTS) is 1. The van der Waals surface area contributed by atoms with Crippen molar-refractivity contribution >= 4 is 22.4 Å². The zero-order valence-electron chi connectivity index (χ0n) is 8.51. The zero-order valence-corrected chi connectivity index (χ0v) is 9.33. The Hall–Kier alpha value is -1.39. The van der Waals surface area contributed by atoms with E-state index in [1.165, 1.54) is 0 Å². The average Bonchev–Trinajstić information content (AvgIpc) is 2.42. The van der Waals surface area contributed by atoms with Crippen molar-refractivity contribution in [1.29, 1.82) is 0 Å². The topological polar surface area (TPSA) is 124 Å². The van der Waals surface area contributed by atoms with Gasteiger partial charge in [-0.15, -0.1) is 4.28 Å². The van der Waals surface area contributed by atoms with E-state index >= 15 is 0 Å². The van der Waals surface area contributed by atoms with E-state index in [-0.39, 0.29) is 13.0 Å². The number of hydrogen-bond donors (Lipinski definition) is 2. The summed E-state index contributed by atoms with van der Waals surface area (Å²) in [6, 6.07) is -2.40. The molecule has 2 fully saturated rings. The first-order chi connectivity index (χ1) is 7.79. The molecule has 2 rings (SSSR count). The fourth-order valence-electron chi connectivity index (χ4n) is 2.09. The second-order valence-corrected chi connectivity index (χ2v) is 4.85. The van der Waals surface area contributed by atoms with E-state index in [1.54, 1.807) is 0 Å². The molecule has 17 heavy (non-hydrogen) atoms. The number of fused-ring (bicyclic) bond motifs is 2. The predicted molar refractivity (Wildman–Crippen MR) is 51.0 cm³/mol. The highest BCUT2D eigenvalue weighted by molar-refractivity contribution is 7.80. The summed E-state index contributed by atoms with van der Waals surface area (Å²) in [5.74, 6) is -1.15. The summed E-state index contributed by atoms with van der Waals surface area (Å²) >= 11 is 0. The van der Waals surface area contributed by atoms with Crippen LogP contribution in [0.25, 0.3) is 0 Å².